The minimum Gasteiger partial charge on any atom is -0.443 e. The molecule has 2 heterocycles. The number of halogens is 1. The van der Waals surface area contributed by atoms with Gasteiger partial charge >= 0.3 is 6.09 Å². The van der Waals surface area contributed by atoms with Crippen LogP contribution >= 0.6 is 23.8 Å². The summed E-state index contributed by atoms with van der Waals surface area (Å²) in [6, 6.07) is 8.64. The summed E-state index contributed by atoms with van der Waals surface area (Å²) in [7, 11) is 3.29. The number of aryl methyl sites for hydroxylation is 1. The Labute approximate surface area is 195 Å². The molecule has 0 aliphatic rings. The summed E-state index contributed by atoms with van der Waals surface area (Å²) in [5, 5.41) is 5.66. The smallest absolute Gasteiger partial charge is 0.415 e. The molecule has 3 rings (SSSR count). The van der Waals surface area contributed by atoms with Gasteiger partial charge in [-0.25, -0.2) is 14.8 Å². The number of anilines is 2. The maximum Gasteiger partial charge on any atom is 0.415 e. The summed E-state index contributed by atoms with van der Waals surface area (Å²) >= 11 is 11.8. The fourth-order valence-electron chi connectivity index (χ4n) is 2.81. The van der Waals surface area contributed by atoms with Crippen LogP contribution < -0.4 is 15.5 Å². The topological polar surface area (TPSA) is 101 Å². The molecular weight excluding hydrogens is 452 g/mol. The van der Waals surface area contributed by atoms with Crippen molar-refractivity contribution >= 4 is 63.6 Å². The second-order valence-corrected chi connectivity index (χ2v) is 8.75. The van der Waals surface area contributed by atoms with Gasteiger partial charge in [-0.15, -0.1) is 0 Å². The summed E-state index contributed by atoms with van der Waals surface area (Å²) in [5.74, 6) is -0.00240. The van der Waals surface area contributed by atoms with Gasteiger partial charge in [-0.05, 0) is 45.1 Å². The second-order valence-electron chi connectivity index (χ2n) is 7.96. The molecule has 0 unspecified atom stereocenters. The number of imidazole rings is 1. The predicted octanol–water partition coefficient (Wildman–Crippen LogP) is 4.12. The van der Waals surface area contributed by atoms with Crippen molar-refractivity contribution in [3.63, 3.8) is 0 Å². The lowest BCUT2D eigenvalue weighted by atomic mass is 10.2. The van der Waals surface area contributed by atoms with Gasteiger partial charge in [0.05, 0.1) is 11.8 Å². The summed E-state index contributed by atoms with van der Waals surface area (Å²) < 4.78 is 7.14. The first-order chi connectivity index (χ1) is 15.0. The molecule has 0 saturated heterocycles. The van der Waals surface area contributed by atoms with Crippen LogP contribution in [0.5, 0.6) is 0 Å². The van der Waals surface area contributed by atoms with Crippen LogP contribution in [-0.2, 0) is 11.8 Å². The third-order valence-corrected chi connectivity index (χ3v) is 4.82. The molecule has 2 amide bonds. The Morgan fingerprint density at radius 1 is 1.22 bits per heavy atom. The molecular formula is C21H23ClN6O3S. The monoisotopic (exact) mass is 474 g/mol. The highest BCUT2D eigenvalue weighted by atomic mass is 35.5. The maximum atomic E-state index is 12.6. The Morgan fingerprint density at radius 2 is 1.88 bits per heavy atom. The van der Waals surface area contributed by atoms with E-state index >= 15 is 0 Å². The fourth-order valence-corrected chi connectivity index (χ4v) is 3.31. The lowest BCUT2D eigenvalue weighted by Gasteiger charge is -2.24. The number of nitrogens with one attached hydrogen (secondary N) is 2. The van der Waals surface area contributed by atoms with Crippen molar-refractivity contribution in [3.05, 3.63) is 47.2 Å². The number of aromatic nitrogens is 3. The average molecular weight is 475 g/mol. The van der Waals surface area contributed by atoms with Crippen LogP contribution in [0.15, 0.2) is 36.7 Å². The molecule has 0 fully saturated rings. The van der Waals surface area contributed by atoms with E-state index in [4.69, 9.17) is 28.6 Å². The average Bonchev–Trinajstić information content (AvgIpc) is 3.10. The Hall–Kier alpha value is -3.24. The number of carbonyl (C=O) groups excluding carboxylic acids is 2. The van der Waals surface area contributed by atoms with E-state index in [0.717, 1.165) is 0 Å². The Balaban J connectivity index is 1.93. The van der Waals surface area contributed by atoms with Gasteiger partial charge in [0.25, 0.3) is 5.91 Å². The fraction of sp³-hybridized carbons (Fsp3) is 0.286. The number of rotatable bonds is 3. The maximum absolute atomic E-state index is 12.6. The first-order valence-electron chi connectivity index (χ1n) is 9.62. The Kier molecular flexibility index (Phi) is 6.65. The van der Waals surface area contributed by atoms with Crippen molar-refractivity contribution < 1.29 is 14.3 Å². The van der Waals surface area contributed by atoms with Crippen LogP contribution in [0, 0.1) is 0 Å². The minimum absolute atomic E-state index is 0.000595. The number of hydrogen-bond acceptors (Lipinski definition) is 6. The van der Waals surface area contributed by atoms with E-state index in [-0.39, 0.29) is 27.7 Å². The lowest BCUT2D eigenvalue weighted by Crippen LogP contribution is -2.36. The lowest BCUT2D eigenvalue weighted by molar-refractivity contribution is 0.0588. The molecule has 11 heteroatoms. The zero-order valence-corrected chi connectivity index (χ0v) is 19.8. The highest BCUT2D eigenvalue weighted by molar-refractivity contribution is 7.80. The number of amides is 2. The standard InChI is InChI=1S/C21H23ClN6O3S/c1-21(2,3)31-20(30)28(5)17-14-15(27(4)11-23-14)13(22)16(24-17)25-19(32)26-18(29)12-9-7-6-8-10-12/h6-11H,1-5H3,(H2,24,25,26,29,32). The third kappa shape index (κ3) is 5.14. The van der Waals surface area contributed by atoms with Crippen LogP contribution in [0.2, 0.25) is 5.02 Å². The Bertz CT molecular complexity index is 1190. The van der Waals surface area contributed by atoms with Crippen molar-refractivity contribution in [2.75, 3.05) is 17.3 Å². The molecule has 0 atom stereocenters. The van der Waals surface area contributed by atoms with Crippen molar-refractivity contribution in [1.29, 1.82) is 0 Å². The Morgan fingerprint density at radius 3 is 2.50 bits per heavy atom. The first kappa shape index (κ1) is 23.4. The van der Waals surface area contributed by atoms with Gasteiger partial charge in [-0.2, -0.15) is 0 Å². The summed E-state index contributed by atoms with van der Waals surface area (Å²) in [4.78, 5) is 35.0. The molecule has 2 aromatic heterocycles. The molecule has 0 aliphatic heterocycles. The molecule has 3 aromatic rings. The van der Waals surface area contributed by atoms with Gasteiger partial charge in [0, 0.05) is 19.7 Å². The van der Waals surface area contributed by atoms with Crippen molar-refractivity contribution in [1.82, 2.24) is 19.9 Å². The number of carbonyl (C=O) groups is 2. The van der Waals surface area contributed by atoms with Gasteiger partial charge in [0.1, 0.15) is 16.1 Å². The number of thiocarbonyl (C=S) groups is 1. The normalized spacial score (nSPS) is 11.2. The summed E-state index contributed by atoms with van der Waals surface area (Å²) in [5.41, 5.74) is 0.705. The molecule has 0 radical (unpaired) electrons. The van der Waals surface area contributed by atoms with Gasteiger partial charge in [0.2, 0.25) is 0 Å². The van der Waals surface area contributed by atoms with Gasteiger partial charge in [-0.3, -0.25) is 15.0 Å². The molecule has 2 N–H and O–H groups in total. The molecule has 168 valence electrons. The summed E-state index contributed by atoms with van der Waals surface area (Å²) in [6.07, 6.45) is 0.953. The van der Waals surface area contributed by atoms with E-state index in [1.54, 1.807) is 63.0 Å². The van der Waals surface area contributed by atoms with Gasteiger partial charge < -0.3 is 14.6 Å². The molecule has 0 saturated carbocycles. The van der Waals surface area contributed by atoms with E-state index in [0.29, 0.717) is 16.6 Å². The number of benzene rings is 1. The number of fused-ring (bicyclic) bond motifs is 1. The molecule has 0 bridgehead atoms. The quantitative estimate of drug-likeness (QED) is 0.550. The predicted molar refractivity (Wildman–Crippen MR) is 128 cm³/mol. The van der Waals surface area contributed by atoms with E-state index in [1.165, 1.54) is 11.9 Å². The zero-order valence-electron chi connectivity index (χ0n) is 18.3. The van der Waals surface area contributed by atoms with Crippen molar-refractivity contribution in [2.24, 2.45) is 7.05 Å². The van der Waals surface area contributed by atoms with Gasteiger partial charge in [0.15, 0.2) is 16.7 Å². The molecule has 9 nitrogen and oxygen atoms in total. The SMILES string of the molecule is CN(C(=O)OC(C)(C)C)c1nc(NC(=S)NC(=O)c2ccccc2)c(Cl)c2c1ncn2C. The molecule has 1 aromatic carbocycles. The molecule has 0 spiro atoms. The number of ether oxygens (including phenoxy) is 1. The van der Waals surface area contributed by atoms with E-state index in [1.807, 2.05) is 6.07 Å². The van der Waals surface area contributed by atoms with Crippen LogP contribution in [0.25, 0.3) is 11.0 Å². The van der Waals surface area contributed by atoms with Crippen LogP contribution in [0.3, 0.4) is 0 Å². The van der Waals surface area contributed by atoms with E-state index in [2.05, 4.69) is 20.6 Å². The number of nitrogens with zero attached hydrogens (tertiary/aromatic N) is 4. The van der Waals surface area contributed by atoms with Crippen LogP contribution in [0.4, 0.5) is 16.4 Å². The third-order valence-electron chi connectivity index (χ3n) is 4.26. The van der Waals surface area contributed by atoms with Crippen LogP contribution in [0.1, 0.15) is 31.1 Å². The van der Waals surface area contributed by atoms with Crippen LogP contribution in [-0.4, -0.2) is 44.3 Å². The van der Waals surface area contributed by atoms with Crippen molar-refractivity contribution in [2.45, 2.75) is 26.4 Å². The van der Waals surface area contributed by atoms with Crippen molar-refractivity contribution in [3.8, 4) is 0 Å². The van der Waals surface area contributed by atoms with E-state index < -0.39 is 11.7 Å². The summed E-state index contributed by atoms with van der Waals surface area (Å²) in [6.45, 7) is 5.31. The first-order valence-corrected chi connectivity index (χ1v) is 10.4. The number of hydrogen-bond donors (Lipinski definition) is 2. The molecule has 0 aliphatic carbocycles. The molecule has 32 heavy (non-hydrogen) atoms. The largest absolute Gasteiger partial charge is 0.443 e. The minimum atomic E-state index is -0.689. The zero-order chi connectivity index (χ0) is 23.6. The number of pyridine rings is 1. The highest BCUT2D eigenvalue weighted by Crippen LogP contribution is 2.34. The van der Waals surface area contributed by atoms with E-state index in [9.17, 15) is 9.59 Å². The highest BCUT2D eigenvalue weighted by Gasteiger charge is 2.26. The second kappa shape index (κ2) is 9.09. The van der Waals surface area contributed by atoms with Gasteiger partial charge in [-0.1, -0.05) is 29.8 Å².